The molecule has 20 heavy (non-hydrogen) atoms. The smallest absolute Gasteiger partial charge is 0.119 e. The molecular weight excluding hydrogens is 356 g/mol. The number of nitrogens with zero attached hydrogens (tertiary/aromatic N) is 1. The molecule has 2 aromatic rings. The molecule has 1 atom stereocenters. The predicted molar refractivity (Wildman–Crippen MR) is 89.6 cm³/mol. The second-order valence-corrected chi connectivity index (χ2v) is 6.71. The first-order chi connectivity index (χ1) is 9.61. The summed E-state index contributed by atoms with van der Waals surface area (Å²) in [7, 11) is 0. The van der Waals surface area contributed by atoms with Crippen molar-refractivity contribution in [1.82, 2.24) is 10.3 Å². The molecule has 1 unspecified atom stereocenters. The van der Waals surface area contributed by atoms with Crippen molar-refractivity contribution in [2.75, 3.05) is 6.54 Å². The van der Waals surface area contributed by atoms with E-state index in [9.17, 15) is 0 Å². The third kappa shape index (κ3) is 3.98. The van der Waals surface area contributed by atoms with E-state index < -0.39 is 0 Å². The molecule has 0 saturated heterocycles. The van der Waals surface area contributed by atoms with Gasteiger partial charge in [-0.25, -0.2) is 4.98 Å². The Hall–Kier alpha value is -0.550. The number of aromatic nitrogens is 1. The minimum Gasteiger partial charge on any atom is -0.310 e. The summed E-state index contributed by atoms with van der Waals surface area (Å²) in [4.78, 5) is 5.51. The molecule has 5 heteroatoms. The third-order valence-electron chi connectivity index (χ3n) is 2.88. The Kier molecular flexibility index (Phi) is 5.90. The lowest BCUT2D eigenvalue weighted by Gasteiger charge is -2.17. The van der Waals surface area contributed by atoms with Gasteiger partial charge in [-0.3, -0.25) is 0 Å². The van der Waals surface area contributed by atoms with Crippen molar-refractivity contribution in [3.63, 3.8) is 0 Å². The number of rotatable bonds is 5. The van der Waals surface area contributed by atoms with Crippen molar-refractivity contribution < 1.29 is 0 Å². The van der Waals surface area contributed by atoms with Gasteiger partial charge in [-0.05, 0) is 43.3 Å². The van der Waals surface area contributed by atoms with Crippen LogP contribution in [0.15, 0.2) is 50.9 Å². The molecule has 0 amide bonds. The van der Waals surface area contributed by atoms with E-state index in [1.54, 1.807) is 18.0 Å². The first kappa shape index (κ1) is 15.8. The fraction of sp³-hybridized carbons (Fsp3) is 0.267. The standard InChI is InChI=1S/C15H16BrClN2S/c1-3-18-10(2)12-7-6-11(16)9-14(12)20-15-13(17)5-4-8-19-15/h4-10,18H,3H2,1-2H3. The van der Waals surface area contributed by atoms with Crippen LogP contribution in [0, 0.1) is 0 Å². The fourth-order valence-electron chi connectivity index (χ4n) is 1.92. The Morgan fingerprint density at radius 3 is 2.90 bits per heavy atom. The number of benzene rings is 1. The minimum atomic E-state index is 0.290. The molecule has 0 radical (unpaired) electrons. The van der Waals surface area contributed by atoms with Crippen LogP contribution in [0.1, 0.15) is 25.5 Å². The van der Waals surface area contributed by atoms with Crippen LogP contribution >= 0.6 is 39.3 Å². The Bertz CT molecular complexity index is 592. The van der Waals surface area contributed by atoms with E-state index in [0.29, 0.717) is 5.02 Å². The maximum absolute atomic E-state index is 6.20. The Morgan fingerprint density at radius 2 is 2.20 bits per heavy atom. The van der Waals surface area contributed by atoms with Crippen molar-refractivity contribution in [1.29, 1.82) is 0 Å². The van der Waals surface area contributed by atoms with Gasteiger partial charge in [-0.2, -0.15) is 0 Å². The Labute approximate surface area is 137 Å². The maximum Gasteiger partial charge on any atom is 0.119 e. The largest absolute Gasteiger partial charge is 0.310 e. The molecule has 0 aliphatic heterocycles. The van der Waals surface area contributed by atoms with Gasteiger partial charge in [0.15, 0.2) is 0 Å². The highest BCUT2D eigenvalue weighted by Gasteiger charge is 2.13. The number of nitrogens with one attached hydrogen (secondary N) is 1. The third-order valence-corrected chi connectivity index (χ3v) is 4.89. The average Bonchev–Trinajstić information content (AvgIpc) is 2.42. The van der Waals surface area contributed by atoms with Gasteiger partial charge in [-0.1, -0.05) is 52.3 Å². The molecule has 0 bridgehead atoms. The zero-order valence-corrected chi connectivity index (χ0v) is 14.5. The molecule has 1 N–H and O–H groups in total. The summed E-state index contributed by atoms with van der Waals surface area (Å²) in [6.07, 6.45) is 1.76. The van der Waals surface area contributed by atoms with E-state index in [0.717, 1.165) is 20.9 Å². The van der Waals surface area contributed by atoms with Gasteiger partial charge < -0.3 is 5.32 Å². The highest BCUT2D eigenvalue weighted by atomic mass is 79.9. The van der Waals surface area contributed by atoms with Crippen molar-refractivity contribution in [3.05, 3.63) is 51.6 Å². The number of hydrogen-bond donors (Lipinski definition) is 1. The van der Waals surface area contributed by atoms with Crippen LogP contribution in [0.5, 0.6) is 0 Å². The molecule has 1 heterocycles. The van der Waals surface area contributed by atoms with Crippen LogP contribution in [0.3, 0.4) is 0 Å². The van der Waals surface area contributed by atoms with E-state index in [-0.39, 0.29) is 6.04 Å². The topological polar surface area (TPSA) is 24.9 Å². The summed E-state index contributed by atoms with van der Waals surface area (Å²) in [6, 6.07) is 10.3. The number of halogens is 2. The van der Waals surface area contributed by atoms with Crippen LogP contribution in [-0.2, 0) is 0 Å². The van der Waals surface area contributed by atoms with E-state index in [2.05, 4.69) is 58.3 Å². The summed E-state index contributed by atoms with van der Waals surface area (Å²) in [5, 5.41) is 4.95. The number of pyridine rings is 1. The van der Waals surface area contributed by atoms with E-state index in [1.807, 2.05) is 12.1 Å². The maximum atomic E-state index is 6.20. The highest BCUT2D eigenvalue weighted by molar-refractivity contribution is 9.10. The number of hydrogen-bond acceptors (Lipinski definition) is 3. The molecule has 1 aromatic heterocycles. The summed E-state index contributed by atoms with van der Waals surface area (Å²) >= 11 is 11.3. The molecule has 2 rings (SSSR count). The Balaban J connectivity index is 2.35. The molecule has 0 spiro atoms. The lowest BCUT2D eigenvalue weighted by molar-refractivity contribution is 0.589. The van der Waals surface area contributed by atoms with Crippen LogP contribution in [-0.4, -0.2) is 11.5 Å². The highest BCUT2D eigenvalue weighted by Crippen LogP contribution is 2.37. The fourth-order valence-corrected chi connectivity index (χ4v) is 3.71. The zero-order chi connectivity index (χ0) is 14.5. The molecule has 0 aliphatic carbocycles. The predicted octanol–water partition coefficient (Wildman–Crippen LogP) is 5.32. The molecule has 0 fully saturated rings. The van der Waals surface area contributed by atoms with Crippen LogP contribution in [0.25, 0.3) is 0 Å². The second kappa shape index (κ2) is 7.46. The molecule has 0 aliphatic rings. The van der Waals surface area contributed by atoms with Gasteiger partial charge in [0.05, 0.1) is 5.02 Å². The van der Waals surface area contributed by atoms with Gasteiger partial charge in [0.25, 0.3) is 0 Å². The normalized spacial score (nSPS) is 12.4. The van der Waals surface area contributed by atoms with Gasteiger partial charge in [0, 0.05) is 21.6 Å². The average molecular weight is 372 g/mol. The lowest BCUT2D eigenvalue weighted by atomic mass is 10.1. The summed E-state index contributed by atoms with van der Waals surface area (Å²) in [5.74, 6) is 0. The van der Waals surface area contributed by atoms with E-state index in [1.165, 1.54) is 5.56 Å². The van der Waals surface area contributed by atoms with Gasteiger partial charge in [-0.15, -0.1) is 0 Å². The van der Waals surface area contributed by atoms with Gasteiger partial charge in [0.1, 0.15) is 5.03 Å². The monoisotopic (exact) mass is 370 g/mol. The summed E-state index contributed by atoms with van der Waals surface area (Å²) in [6.45, 7) is 5.21. The van der Waals surface area contributed by atoms with Crippen molar-refractivity contribution in [2.24, 2.45) is 0 Å². The minimum absolute atomic E-state index is 0.290. The quantitative estimate of drug-likeness (QED) is 0.770. The first-order valence-electron chi connectivity index (χ1n) is 6.43. The first-order valence-corrected chi connectivity index (χ1v) is 8.41. The van der Waals surface area contributed by atoms with E-state index >= 15 is 0 Å². The summed E-state index contributed by atoms with van der Waals surface area (Å²) in [5.41, 5.74) is 1.25. The van der Waals surface area contributed by atoms with Gasteiger partial charge in [0.2, 0.25) is 0 Å². The van der Waals surface area contributed by atoms with Crippen LogP contribution < -0.4 is 5.32 Å². The van der Waals surface area contributed by atoms with Crippen LogP contribution in [0.2, 0.25) is 5.02 Å². The van der Waals surface area contributed by atoms with Crippen molar-refractivity contribution in [2.45, 2.75) is 29.8 Å². The molecular formula is C15H16BrClN2S. The van der Waals surface area contributed by atoms with E-state index in [4.69, 9.17) is 11.6 Å². The molecule has 106 valence electrons. The van der Waals surface area contributed by atoms with Crippen LogP contribution in [0.4, 0.5) is 0 Å². The molecule has 2 nitrogen and oxygen atoms in total. The SMILES string of the molecule is CCNC(C)c1ccc(Br)cc1Sc1ncccc1Cl. The second-order valence-electron chi connectivity index (χ2n) is 4.35. The Morgan fingerprint density at radius 1 is 1.40 bits per heavy atom. The zero-order valence-electron chi connectivity index (χ0n) is 11.4. The van der Waals surface area contributed by atoms with Crippen molar-refractivity contribution in [3.8, 4) is 0 Å². The lowest BCUT2D eigenvalue weighted by Crippen LogP contribution is -2.18. The molecule has 1 aromatic carbocycles. The van der Waals surface area contributed by atoms with Crippen molar-refractivity contribution >= 4 is 39.3 Å². The summed E-state index contributed by atoms with van der Waals surface area (Å²) < 4.78 is 1.06. The van der Waals surface area contributed by atoms with Gasteiger partial charge >= 0.3 is 0 Å². The molecule has 0 saturated carbocycles.